The third-order valence-electron chi connectivity index (χ3n) is 8.30. The molecule has 11 heteroatoms. The summed E-state index contributed by atoms with van der Waals surface area (Å²) in [6.07, 6.45) is 1.46. The molecule has 2 aromatic heterocycles. The number of ether oxygens (including phenoxy) is 1. The van der Waals surface area contributed by atoms with E-state index >= 15 is 4.39 Å². The molecule has 2 aromatic carbocycles. The van der Waals surface area contributed by atoms with Crippen molar-refractivity contribution in [3.8, 4) is 17.0 Å². The molecule has 5 heterocycles. The summed E-state index contributed by atoms with van der Waals surface area (Å²) in [7, 11) is 5.76. The van der Waals surface area contributed by atoms with Crippen molar-refractivity contribution in [3.05, 3.63) is 40.8 Å². The number of benzene rings is 2. The van der Waals surface area contributed by atoms with Crippen LogP contribution >= 0.6 is 11.6 Å². The van der Waals surface area contributed by atoms with Gasteiger partial charge in [-0.2, -0.15) is 5.10 Å². The Morgan fingerprint density at radius 2 is 2.02 bits per heavy atom. The Balaban J connectivity index is 1.53. The number of likely N-dealkylation sites (N-methyl/N-ethyl adjacent to an activating group) is 1. The van der Waals surface area contributed by atoms with Gasteiger partial charge < -0.3 is 24.8 Å². The van der Waals surface area contributed by atoms with Crippen LogP contribution in [0.2, 0.25) is 5.02 Å². The molecule has 40 heavy (non-hydrogen) atoms. The fourth-order valence-electron chi connectivity index (χ4n) is 6.56. The average molecular weight is 564 g/mol. The van der Waals surface area contributed by atoms with Gasteiger partial charge in [0.15, 0.2) is 5.82 Å². The van der Waals surface area contributed by atoms with Crippen molar-refractivity contribution in [1.82, 2.24) is 25.0 Å². The first-order valence-electron chi connectivity index (χ1n) is 13.5. The van der Waals surface area contributed by atoms with Crippen molar-refractivity contribution in [3.63, 3.8) is 0 Å². The molecule has 0 spiro atoms. The second-order valence-electron chi connectivity index (χ2n) is 11.4. The van der Waals surface area contributed by atoms with Crippen molar-refractivity contribution in [2.24, 2.45) is 7.05 Å². The smallest absolute Gasteiger partial charge is 0.251 e. The summed E-state index contributed by atoms with van der Waals surface area (Å²) >= 11 is 6.97. The molecule has 1 amide bonds. The normalized spacial score (nSPS) is 22.2. The van der Waals surface area contributed by atoms with Crippen LogP contribution in [0.25, 0.3) is 32.9 Å². The maximum absolute atomic E-state index is 16.9. The monoisotopic (exact) mass is 563 g/mol. The molecular weight excluding hydrogens is 533 g/mol. The van der Waals surface area contributed by atoms with Crippen LogP contribution in [0.1, 0.15) is 12.5 Å². The Kier molecular flexibility index (Phi) is 5.75. The second-order valence-corrected chi connectivity index (χ2v) is 11.9. The lowest BCUT2D eigenvalue weighted by Gasteiger charge is -2.49. The van der Waals surface area contributed by atoms with Crippen molar-refractivity contribution in [1.29, 1.82) is 0 Å². The predicted octanol–water partition coefficient (Wildman–Crippen LogP) is 3.73. The molecule has 0 radical (unpaired) electrons. The van der Waals surface area contributed by atoms with Crippen molar-refractivity contribution >= 4 is 50.7 Å². The maximum atomic E-state index is 16.9. The molecule has 0 aliphatic carbocycles. The number of carbonyl (C=O) groups is 1. The summed E-state index contributed by atoms with van der Waals surface area (Å²) < 4.78 is 25.0. The highest BCUT2D eigenvalue weighted by molar-refractivity contribution is 6.35. The number of hydrogen-bond donors (Lipinski definition) is 1. The van der Waals surface area contributed by atoms with Crippen LogP contribution in [0, 0.1) is 12.7 Å². The van der Waals surface area contributed by atoms with Gasteiger partial charge in [-0.15, -0.1) is 0 Å². The lowest BCUT2D eigenvalue weighted by molar-refractivity contribution is -0.121. The zero-order chi connectivity index (χ0) is 28.0. The third kappa shape index (κ3) is 3.62. The first-order chi connectivity index (χ1) is 19.1. The zero-order valence-electron chi connectivity index (χ0n) is 23.1. The molecule has 1 N–H and O–H groups in total. The number of nitrogens with zero attached hydrogens (tertiary/aromatic N) is 6. The van der Waals surface area contributed by atoms with Crippen molar-refractivity contribution in [2.45, 2.75) is 32.0 Å². The van der Waals surface area contributed by atoms with E-state index < -0.39 is 11.9 Å². The zero-order valence-corrected chi connectivity index (χ0v) is 23.9. The van der Waals surface area contributed by atoms with E-state index in [-0.39, 0.29) is 40.0 Å². The molecular formula is C29H31ClFN7O2. The standard InChI is InChI=1S/C29H31ClFN7O2/c1-14-6-7-16-9-33-36(5)25(16)21(14)22-19(30)8-18-24(23(22)31)34-28-27-26(18)37-11-15(2)32-10-20(37)29(39)38(27)13-17(40-28)12-35(3)4/h6-9,15,17,20,32H,10-13H2,1-5H3/t15-,17-,20-/m1/s1. The Morgan fingerprint density at radius 1 is 1.23 bits per heavy atom. The molecule has 0 bridgehead atoms. The number of nitrogens with one attached hydrogen (secondary N) is 1. The fraction of sp³-hybridized carbons (Fsp3) is 0.414. The molecule has 1 saturated heterocycles. The second kappa shape index (κ2) is 9.02. The number of aromatic nitrogens is 3. The first-order valence-corrected chi connectivity index (χ1v) is 13.9. The van der Waals surface area contributed by atoms with E-state index in [9.17, 15) is 4.79 Å². The van der Waals surface area contributed by atoms with Crippen LogP contribution in [-0.4, -0.2) is 84.0 Å². The highest BCUT2D eigenvalue weighted by atomic mass is 35.5. The van der Waals surface area contributed by atoms with Crippen molar-refractivity contribution in [2.75, 3.05) is 50.1 Å². The third-order valence-corrected chi connectivity index (χ3v) is 8.59. The van der Waals surface area contributed by atoms with Crippen LogP contribution in [0.15, 0.2) is 24.4 Å². The van der Waals surface area contributed by atoms with Crippen LogP contribution in [0.5, 0.6) is 5.88 Å². The minimum Gasteiger partial charge on any atom is -0.470 e. The van der Waals surface area contributed by atoms with E-state index in [1.54, 1.807) is 21.8 Å². The summed E-state index contributed by atoms with van der Waals surface area (Å²) in [4.78, 5) is 24.4. The summed E-state index contributed by atoms with van der Waals surface area (Å²) in [6.45, 7) is 6.11. The maximum Gasteiger partial charge on any atom is 0.251 e. The largest absolute Gasteiger partial charge is 0.470 e. The minimum atomic E-state index is -0.514. The predicted molar refractivity (Wildman–Crippen MR) is 155 cm³/mol. The van der Waals surface area contributed by atoms with Crippen LogP contribution in [-0.2, 0) is 11.8 Å². The number of fused-ring (bicyclic) bond motifs is 5. The van der Waals surface area contributed by atoms with Gasteiger partial charge in [0, 0.05) is 54.6 Å². The van der Waals surface area contributed by atoms with Crippen molar-refractivity contribution < 1.29 is 13.9 Å². The van der Waals surface area contributed by atoms with Gasteiger partial charge in [-0.3, -0.25) is 9.48 Å². The molecule has 9 nitrogen and oxygen atoms in total. The van der Waals surface area contributed by atoms with Crippen LogP contribution in [0.4, 0.5) is 15.8 Å². The summed E-state index contributed by atoms with van der Waals surface area (Å²) in [5, 5.41) is 9.59. The number of piperazine rings is 1. The summed E-state index contributed by atoms with van der Waals surface area (Å²) in [5.74, 6) is -0.232. The minimum absolute atomic E-state index is 0.00283. The van der Waals surface area contributed by atoms with Gasteiger partial charge in [0.1, 0.15) is 23.3 Å². The van der Waals surface area contributed by atoms with Gasteiger partial charge in [0.05, 0.1) is 29.0 Å². The molecule has 0 saturated carbocycles. The highest BCUT2D eigenvalue weighted by Gasteiger charge is 2.47. The van der Waals surface area contributed by atoms with Gasteiger partial charge in [-0.05, 0) is 39.6 Å². The molecule has 7 rings (SSSR count). The van der Waals surface area contributed by atoms with Gasteiger partial charge in [-0.25, -0.2) is 9.37 Å². The Hall–Kier alpha value is -3.47. The van der Waals surface area contributed by atoms with Gasteiger partial charge in [0.2, 0.25) is 5.88 Å². The number of rotatable bonds is 3. The van der Waals surface area contributed by atoms with E-state index in [4.69, 9.17) is 21.3 Å². The molecule has 0 unspecified atom stereocenters. The lowest BCUT2D eigenvalue weighted by atomic mass is 9.93. The Labute approximate surface area is 236 Å². The quantitative estimate of drug-likeness (QED) is 0.407. The molecule has 3 atom stereocenters. The van der Waals surface area contributed by atoms with Gasteiger partial charge in [-0.1, -0.05) is 23.7 Å². The number of aryl methyl sites for hydroxylation is 2. The fourth-order valence-corrected chi connectivity index (χ4v) is 6.85. The molecule has 4 aromatic rings. The number of amides is 1. The van der Waals surface area contributed by atoms with E-state index in [1.807, 2.05) is 45.1 Å². The van der Waals surface area contributed by atoms with E-state index in [1.165, 1.54) is 0 Å². The highest BCUT2D eigenvalue weighted by Crippen LogP contribution is 2.51. The summed E-state index contributed by atoms with van der Waals surface area (Å²) in [6, 6.07) is 5.46. The first kappa shape index (κ1) is 25.5. The van der Waals surface area contributed by atoms with E-state index in [0.717, 1.165) is 22.2 Å². The molecule has 3 aliphatic rings. The number of hydrogen-bond acceptors (Lipinski definition) is 7. The lowest BCUT2D eigenvalue weighted by Crippen LogP contribution is -2.66. The Bertz CT molecular complexity index is 1720. The topological polar surface area (TPSA) is 78.8 Å². The molecule has 3 aliphatic heterocycles. The van der Waals surface area contributed by atoms with Crippen LogP contribution in [0.3, 0.4) is 0 Å². The average Bonchev–Trinajstić information content (AvgIpc) is 3.28. The number of carbonyl (C=O) groups excluding carboxylic acids is 1. The number of halogens is 2. The molecule has 1 fully saturated rings. The number of pyridine rings is 1. The number of anilines is 2. The summed E-state index contributed by atoms with van der Waals surface area (Å²) in [5.41, 5.74) is 4.19. The SMILES string of the molecule is Cc1ccc2cnn(C)c2c1-c1c(Cl)cc2c3c4c(nc2c1F)O[C@H](CN(C)C)CN4C(=O)[C@H]1CN[C@H](C)CN31. The van der Waals surface area contributed by atoms with Gasteiger partial charge in [0.25, 0.3) is 5.91 Å². The van der Waals surface area contributed by atoms with Crippen LogP contribution < -0.4 is 19.9 Å². The van der Waals surface area contributed by atoms with Gasteiger partial charge >= 0.3 is 0 Å². The van der Waals surface area contributed by atoms with E-state index in [0.29, 0.717) is 42.8 Å². The molecule has 208 valence electrons. The Morgan fingerprint density at radius 3 is 2.80 bits per heavy atom. The van der Waals surface area contributed by atoms with E-state index in [2.05, 4.69) is 22.2 Å².